The van der Waals surface area contributed by atoms with E-state index in [1.165, 1.54) is 13.1 Å². The van der Waals surface area contributed by atoms with Crippen molar-refractivity contribution in [3.8, 4) is 0 Å². The molecule has 5 nitrogen and oxygen atoms in total. The monoisotopic (exact) mass is 414 g/mol. The highest BCUT2D eigenvalue weighted by molar-refractivity contribution is 7.92. The van der Waals surface area contributed by atoms with Crippen molar-refractivity contribution in [2.24, 2.45) is 0 Å². The smallest absolute Gasteiger partial charge is 0.264 e. The summed E-state index contributed by atoms with van der Waals surface area (Å²) in [6.07, 6.45) is 0. The maximum Gasteiger partial charge on any atom is 0.264 e. The van der Waals surface area contributed by atoms with Crippen molar-refractivity contribution in [2.75, 3.05) is 16.7 Å². The van der Waals surface area contributed by atoms with Gasteiger partial charge in [-0.25, -0.2) is 8.42 Å². The summed E-state index contributed by atoms with van der Waals surface area (Å²) in [5.74, 6) is -0.379. The summed E-state index contributed by atoms with van der Waals surface area (Å²) in [7, 11) is -2.28. The largest absolute Gasteiger partial charge is 0.321 e. The number of hydrogen-bond acceptors (Lipinski definition) is 3. The lowest BCUT2D eigenvalue weighted by molar-refractivity contribution is 0.102. The number of nitrogens with zero attached hydrogens (tertiary/aromatic N) is 1. The molecule has 0 aromatic heterocycles. The fourth-order valence-corrected chi connectivity index (χ4v) is 3.98. The Morgan fingerprint density at radius 3 is 2.32 bits per heavy atom. The summed E-state index contributed by atoms with van der Waals surface area (Å²) < 4.78 is 26.9. The number of aryl methyl sites for hydroxylation is 1. The number of nitrogens with one attached hydrogen (secondary N) is 1. The number of amides is 1. The van der Waals surface area contributed by atoms with E-state index in [1.54, 1.807) is 66.7 Å². The number of carbonyl (C=O) groups is 1. The van der Waals surface area contributed by atoms with E-state index in [1.807, 2.05) is 6.92 Å². The highest BCUT2D eigenvalue weighted by Crippen LogP contribution is 2.25. The lowest BCUT2D eigenvalue weighted by Gasteiger charge is -2.20. The molecule has 144 valence electrons. The molecule has 0 fully saturated rings. The average molecular weight is 415 g/mol. The quantitative estimate of drug-likeness (QED) is 0.656. The molecule has 28 heavy (non-hydrogen) atoms. The molecule has 3 rings (SSSR count). The minimum Gasteiger partial charge on any atom is -0.321 e. The van der Waals surface area contributed by atoms with Crippen LogP contribution in [0.3, 0.4) is 0 Å². The molecule has 0 unspecified atom stereocenters. The van der Waals surface area contributed by atoms with Crippen LogP contribution in [-0.2, 0) is 10.0 Å². The molecular formula is C21H19ClN2O3S. The summed E-state index contributed by atoms with van der Waals surface area (Å²) in [5, 5.41) is 3.15. The highest BCUT2D eigenvalue weighted by atomic mass is 35.5. The number of sulfonamides is 1. The fourth-order valence-electron chi connectivity index (χ4n) is 2.61. The summed E-state index contributed by atoms with van der Waals surface area (Å²) in [5.41, 5.74) is 2.16. The van der Waals surface area contributed by atoms with Gasteiger partial charge in [0.1, 0.15) is 0 Å². The molecule has 7 heteroatoms. The van der Waals surface area contributed by atoms with E-state index in [0.717, 1.165) is 9.87 Å². The van der Waals surface area contributed by atoms with E-state index in [4.69, 9.17) is 11.6 Å². The molecule has 1 N–H and O–H groups in total. The van der Waals surface area contributed by atoms with E-state index < -0.39 is 10.0 Å². The molecule has 0 atom stereocenters. The van der Waals surface area contributed by atoms with Crippen LogP contribution in [0, 0.1) is 6.92 Å². The third-order valence-electron chi connectivity index (χ3n) is 4.27. The Bertz CT molecular complexity index is 1110. The SMILES string of the molecule is Cc1ccc(S(=O)(=O)N(C)c2cccc(C(=O)Nc3ccccc3Cl)c2)cc1. The van der Waals surface area contributed by atoms with Gasteiger partial charge < -0.3 is 5.32 Å². The highest BCUT2D eigenvalue weighted by Gasteiger charge is 2.22. The predicted octanol–water partition coefficient (Wildman–Crippen LogP) is 4.73. The van der Waals surface area contributed by atoms with Gasteiger partial charge in [0, 0.05) is 12.6 Å². The van der Waals surface area contributed by atoms with Crippen LogP contribution in [0.4, 0.5) is 11.4 Å². The standard InChI is InChI=1S/C21H19ClN2O3S/c1-15-10-12-18(13-11-15)28(26,27)24(2)17-7-5-6-16(14-17)21(25)23-20-9-4-3-8-19(20)22/h3-14H,1-2H3,(H,23,25). The van der Waals surface area contributed by atoms with E-state index in [-0.39, 0.29) is 10.8 Å². The number of hydrogen-bond donors (Lipinski definition) is 1. The van der Waals surface area contributed by atoms with Crippen LogP contribution in [0.1, 0.15) is 15.9 Å². The number of rotatable bonds is 5. The molecule has 0 radical (unpaired) electrons. The molecule has 3 aromatic carbocycles. The molecule has 0 spiro atoms. The Labute approximate surface area is 169 Å². The van der Waals surface area contributed by atoms with Crippen molar-refractivity contribution >= 4 is 38.9 Å². The van der Waals surface area contributed by atoms with Crippen molar-refractivity contribution in [1.29, 1.82) is 0 Å². The van der Waals surface area contributed by atoms with E-state index in [9.17, 15) is 13.2 Å². The molecule has 3 aromatic rings. The van der Waals surface area contributed by atoms with Crippen LogP contribution >= 0.6 is 11.6 Å². The molecule has 0 heterocycles. The van der Waals surface area contributed by atoms with E-state index in [2.05, 4.69) is 5.32 Å². The summed E-state index contributed by atoms with van der Waals surface area (Å²) in [4.78, 5) is 12.7. The molecular weight excluding hydrogens is 396 g/mol. The first-order valence-electron chi connectivity index (χ1n) is 8.50. The van der Waals surface area contributed by atoms with Gasteiger partial charge >= 0.3 is 0 Å². The number of carbonyl (C=O) groups excluding carboxylic acids is 1. The second-order valence-corrected chi connectivity index (χ2v) is 8.65. The Balaban J connectivity index is 1.87. The average Bonchev–Trinajstić information content (AvgIpc) is 2.69. The van der Waals surface area contributed by atoms with Crippen molar-refractivity contribution in [3.05, 3.63) is 88.9 Å². The third-order valence-corrected chi connectivity index (χ3v) is 6.40. The molecule has 0 saturated carbocycles. The second-order valence-electron chi connectivity index (χ2n) is 6.27. The van der Waals surface area contributed by atoms with Gasteiger partial charge in [0.2, 0.25) is 0 Å². The summed E-state index contributed by atoms with van der Waals surface area (Å²) in [6.45, 7) is 1.89. The predicted molar refractivity (Wildman–Crippen MR) is 113 cm³/mol. The number of halogens is 1. The lowest BCUT2D eigenvalue weighted by atomic mass is 10.2. The van der Waals surface area contributed by atoms with Crippen molar-refractivity contribution in [3.63, 3.8) is 0 Å². The maximum absolute atomic E-state index is 12.9. The maximum atomic E-state index is 12.9. The minimum absolute atomic E-state index is 0.187. The van der Waals surface area contributed by atoms with Gasteiger partial charge in [-0.15, -0.1) is 0 Å². The van der Waals surface area contributed by atoms with Crippen LogP contribution in [-0.4, -0.2) is 21.4 Å². The van der Waals surface area contributed by atoms with Crippen LogP contribution < -0.4 is 9.62 Å². The Hall–Kier alpha value is -2.83. The first kappa shape index (κ1) is 19.9. The number of para-hydroxylation sites is 1. The van der Waals surface area contributed by atoms with Gasteiger partial charge in [0.05, 0.1) is 21.3 Å². The molecule has 1 amide bonds. The van der Waals surface area contributed by atoms with Gasteiger partial charge in [-0.1, -0.05) is 47.5 Å². The van der Waals surface area contributed by atoms with Crippen LogP contribution in [0.5, 0.6) is 0 Å². The zero-order valence-electron chi connectivity index (χ0n) is 15.4. The topological polar surface area (TPSA) is 66.5 Å². The Morgan fingerprint density at radius 1 is 0.964 bits per heavy atom. The Morgan fingerprint density at radius 2 is 1.64 bits per heavy atom. The van der Waals surface area contributed by atoms with Gasteiger partial charge in [-0.05, 0) is 49.4 Å². The van der Waals surface area contributed by atoms with Gasteiger partial charge in [-0.3, -0.25) is 9.10 Å². The number of anilines is 2. The third kappa shape index (κ3) is 4.18. The summed E-state index contributed by atoms with van der Waals surface area (Å²) in [6, 6.07) is 19.9. The van der Waals surface area contributed by atoms with Crippen LogP contribution in [0.15, 0.2) is 77.7 Å². The van der Waals surface area contributed by atoms with E-state index in [0.29, 0.717) is 22.0 Å². The van der Waals surface area contributed by atoms with Crippen molar-refractivity contribution in [2.45, 2.75) is 11.8 Å². The minimum atomic E-state index is -3.74. The normalized spacial score (nSPS) is 11.1. The van der Waals surface area contributed by atoms with Gasteiger partial charge in [-0.2, -0.15) is 0 Å². The van der Waals surface area contributed by atoms with Crippen LogP contribution in [0.2, 0.25) is 5.02 Å². The number of benzene rings is 3. The first-order chi connectivity index (χ1) is 13.3. The van der Waals surface area contributed by atoms with Crippen molar-refractivity contribution in [1.82, 2.24) is 0 Å². The molecule has 0 bridgehead atoms. The molecule has 0 aliphatic carbocycles. The van der Waals surface area contributed by atoms with E-state index >= 15 is 0 Å². The first-order valence-corrected chi connectivity index (χ1v) is 10.3. The molecule has 0 aliphatic heterocycles. The zero-order chi connectivity index (χ0) is 20.3. The fraction of sp³-hybridized carbons (Fsp3) is 0.0952. The van der Waals surface area contributed by atoms with Gasteiger partial charge in [0.25, 0.3) is 15.9 Å². The second kappa shape index (κ2) is 8.04. The summed E-state index contributed by atoms with van der Waals surface area (Å²) >= 11 is 6.07. The van der Waals surface area contributed by atoms with Crippen LogP contribution in [0.25, 0.3) is 0 Å². The zero-order valence-corrected chi connectivity index (χ0v) is 17.0. The van der Waals surface area contributed by atoms with Crippen molar-refractivity contribution < 1.29 is 13.2 Å². The van der Waals surface area contributed by atoms with Gasteiger partial charge in [0.15, 0.2) is 0 Å². The molecule has 0 aliphatic rings. The lowest BCUT2D eigenvalue weighted by Crippen LogP contribution is -2.27. The molecule has 0 saturated heterocycles. The Kier molecular flexibility index (Phi) is 5.72.